The van der Waals surface area contributed by atoms with Crippen molar-refractivity contribution in [3.05, 3.63) is 29.8 Å². The van der Waals surface area contributed by atoms with Gasteiger partial charge in [-0.3, -0.25) is 4.98 Å². The normalized spacial score (nSPS) is 14.8. The first kappa shape index (κ1) is 13.1. The van der Waals surface area contributed by atoms with Crippen LogP contribution in [0.1, 0.15) is 58.4 Å². The molecule has 2 heteroatoms. The molecule has 90 valence electrons. The van der Waals surface area contributed by atoms with Gasteiger partial charge in [0.2, 0.25) is 0 Å². The second-order valence-corrected chi connectivity index (χ2v) is 4.77. The van der Waals surface area contributed by atoms with Crippen molar-refractivity contribution in [1.82, 2.24) is 4.98 Å². The fraction of sp³-hybridized carbons (Fsp3) is 0.643. The third kappa shape index (κ3) is 3.03. The van der Waals surface area contributed by atoms with Gasteiger partial charge in [-0.2, -0.15) is 0 Å². The maximum atomic E-state index is 13.8. The summed E-state index contributed by atoms with van der Waals surface area (Å²) in [6.45, 7) is 6.50. The van der Waals surface area contributed by atoms with Crippen molar-refractivity contribution in [1.29, 1.82) is 0 Å². The Morgan fingerprint density at radius 1 is 1.25 bits per heavy atom. The third-order valence-corrected chi connectivity index (χ3v) is 3.31. The van der Waals surface area contributed by atoms with Crippen LogP contribution in [-0.4, -0.2) is 4.98 Å². The minimum absolute atomic E-state index is 0.0300. The molecule has 0 radical (unpaired) electrons. The van der Waals surface area contributed by atoms with Crippen LogP contribution in [0.15, 0.2) is 18.5 Å². The van der Waals surface area contributed by atoms with Crippen LogP contribution in [0.4, 0.5) is 4.39 Å². The summed E-state index contributed by atoms with van der Waals surface area (Å²) >= 11 is 0. The van der Waals surface area contributed by atoms with Crippen molar-refractivity contribution in [3.8, 4) is 0 Å². The number of unbranched alkanes of at least 4 members (excludes halogenated alkanes) is 1. The van der Waals surface area contributed by atoms with Gasteiger partial charge >= 0.3 is 0 Å². The van der Waals surface area contributed by atoms with Gasteiger partial charge in [0.25, 0.3) is 0 Å². The number of hydrogen-bond acceptors (Lipinski definition) is 1. The van der Waals surface area contributed by atoms with E-state index < -0.39 is 0 Å². The molecule has 1 heterocycles. The second kappa shape index (κ2) is 5.97. The summed E-state index contributed by atoms with van der Waals surface area (Å²) in [4.78, 5) is 3.82. The SMILES string of the molecule is CCCCC(C)(CCC)c1ccncc1F. The van der Waals surface area contributed by atoms with Crippen molar-refractivity contribution in [2.75, 3.05) is 0 Å². The Hall–Kier alpha value is -0.920. The molecule has 1 atom stereocenters. The van der Waals surface area contributed by atoms with Gasteiger partial charge in [-0.15, -0.1) is 0 Å². The maximum absolute atomic E-state index is 13.8. The van der Waals surface area contributed by atoms with Crippen LogP contribution in [0.5, 0.6) is 0 Å². The first-order valence-electron chi connectivity index (χ1n) is 6.24. The standard InChI is InChI=1S/C14H22FN/c1-4-6-9-14(3,8-5-2)12-7-10-16-11-13(12)15/h7,10-11H,4-6,8-9H2,1-3H3. The van der Waals surface area contributed by atoms with E-state index in [1.54, 1.807) is 6.20 Å². The summed E-state index contributed by atoms with van der Waals surface area (Å²) in [5.74, 6) is -0.158. The average molecular weight is 223 g/mol. The summed E-state index contributed by atoms with van der Waals surface area (Å²) in [7, 11) is 0. The molecule has 0 aliphatic heterocycles. The maximum Gasteiger partial charge on any atom is 0.145 e. The highest BCUT2D eigenvalue weighted by Gasteiger charge is 2.27. The predicted molar refractivity (Wildman–Crippen MR) is 66.0 cm³/mol. The predicted octanol–water partition coefficient (Wildman–Crippen LogP) is 4.47. The molecule has 0 amide bonds. The second-order valence-electron chi connectivity index (χ2n) is 4.77. The number of aromatic nitrogens is 1. The molecule has 0 aliphatic rings. The van der Waals surface area contributed by atoms with Gasteiger partial charge in [-0.1, -0.05) is 40.0 Å². The first-order valence-corrected chi connectivity index (χ1v) is 6.24. The number of halogens is 1. The molecule has 0 aliphatic carbocycles. The van der Waals surface area contributed by atoms with E-state index in [0.29, 0.717) is 0 Å². The Morgan fingerprint density at radius 3 is 2.56 bits per heavy atom. The molecule has 1 aromatic rings. The molecule has 0 saturated carbocycles. The van der Waals surface area contributed by atoms with Crippen molar-refractivity contribution >= 4 is 0 Å². The molecule has 1 nitrogen and oxygen atoms in total. The van der Waals surface area contributed by atoms with Crippen molar-refractivity contribution in [2.45, 2.75) is 58.3 Å². The highest BCUT2D eigenvalue weighted by Crippen LogP contribution is 2.35. The molecule has 0 N–H and O–H groups in total. The summed E-state index contributed by atoms with van der Waals surface area (Å²) in [5.41, 5.74) is 0.801. The van der Waals surface area contributed by atoms with Gasteiger partial charge in [0.15, 0.2) is 0 Å². The average Bonchev–Trinajstić information content (AvgIpc) is 2.27. The van der Waals surface area contributed by atoms with Gasteiger partial charge in [-0.25, -0.2) is 4.39 Å². The van der Waals surface area contributed by atoms with Crippen molar-refractivity contribution in [2.24, 2.45) is 0 Å². The lowest BCUT2D eigenvalue weighted by Gasteiger charge is -2.30. The summed E-state index contributed by atoms with van der Waals surface area (Å²) in [5, 5.41) is 0. The molecule has 1 unspecified atom stereocenters. The largest absolute Gasteiger partial charge is 0.262 e. The molecule has 16 heavy (non-hydrogen) atoms. The van der Waals surface area contributed by atoms with Crippen molar-refractivity contribution in [3.63, 3.8) is 0 Å². The van der Waals surface area contributed by atoms with E-state index in [9.17, 15) is 4.39 Å². The number of pyridine rings is 1. The quantitative estimate of drug-likeness (QED) is 0.693. The van der Waals surface area contributed by atoms with Crippen LogP contribution in [0.2, 0.25) is 0 Å². The van der Waals surface area contributed by atoms with Crippen LogP contribution >= 0.6 is 0 Å². The highest BCUT2D eigenvalue weighted by atomic mass is 19.1. The summed E-state index contributed by atoms with van der Waals surface area (Å²) < 4.78 is 13.8. The van der Waals surface area contributed by atoms with Crippen LogP contribution < -0.4 is 0 Å². The van der Waals surface area contributed by atoms with Crippen LogP contribution in [-0.2, 0) is 5.41 Å². The minimum Gasteiger partial charge on any atom is -0.262 e. The lowest BCUT2D eigenvalue weighted by Crippen LogP contribution is -2.23. The lowest BCUT2D eigenvalue weighted by atomic mass is 9.75. The number of nitrogens with zero attached hydrogens (tertiary/aromatic N) is 1. The molecule has 1 aromatic heterocycles. The van der Waals surface area contributed by atoms with E-state index in [1.807, 2.05) is 6.07 Å². The fourth-order valence-corrected chi connectivity index (χ4v) is 2.38. The van der Waals surface area contributed by atoms with E-state index in [1.165, 1.54) is 6.20 Å². The van der Waals surface area contributed by atoms with Crippen LogP contribution in [0, 0.1) is 5.82 Å². The van der Waals surface area contributed by atoms with E-state index in [0.717, 1.165) is 37.7 Å². The third-order valence-electron chi connectivity index (χ3n) is 3.31. The minimum atomic E-state index is -0.158. The Labute approximate surface area is 98.1 Å². The number of hydrogen-bond donors (Lipinski definition) is 0. The summed E-state index contributed by atoms with van der Waals surface area (Å²) in [6, 6.07) is 1.83. The smallest absolute Gasteiger partial charge is 0.145 e. The Balaban J connectivity index is 2.96. The van der Waals surface area contributed by atoms with Gasteiger partial charge in [0, 0.05) is 6.20 Å². The molecular formula is C14H22FN. The molecule has 0 aromatic carbocycles. The van der Waals surface area contributed by atoms with Crippen LogP contribution in [0.25, 0.3) is 0 Å². The molecule has 0 bridgehead atoms. The molecule has 0 saturated heterocycles. The van der Waals surface area contributed by atoms with Gasteiger partial charge in [-0.05, 0) is 29.9 Å². The lowest BCUT2D eigenvalue weighted by molar-refractivity contribution is 0.366. The van der Waals surface area contributed by atoms with Gasteiger partial charge in [0.05, 0.1) is 6.20 Å². The molecular weight excluding hydrogens is 201 g/mol. The molecule has 0 fully saturated rings. The number of rotatable bonds is 6. The zero-order chi connectivity index (χ0) is 12.0. The highest BCUT2D eigenvalue weighted by molar-refractivity contribution is 5.23. The molecule has 0 spiro atoms. The van der Waals surface area contributed by atoms with Crippen molar-refractivity contribution < 1.29 is 4.39 Å². The topological polar surface area (TPSA) is 12.9 Å². The summed E-state index contributed by atoms with van der Waals surface area (Å²) in [6.07, 6.45) is 8.51. The van der Waals surface area contributed by atoms with Gasteiger partial charge < -0.3 is 0 Å². The zero-order valence-corrected chi connectivity index (χ0v) is 10.6. The fourth-order valence-electron chi connectivity index (χ4n) is 2.38. The van der Waals surface area contributed by atoms with Gasteiger partial charge in [0.1, 0.15) is 5.82 Å². The van der Waals surface area contributed by atoms with E-state index in [2.05, 4.69) is 25.8 Å². The zero-order valence-electron chi connectivity index (χ0n) is 10.6. The monoisotopic (exact) mass is 223 g/mol. The molecule has 1 rings (SSSR count). The Morgan fingerprint density at radius 2 is 2.00 bits per heavy atom. The van der Waals surface area contributed by atoms with E-state index in [4.69, 9.17) is 0 Å². The van der Waals surface area contributed by atoms with E-state index >= 15 is 0 Å². The first-order chi connectivity index (χ1) is 7.64. The Bertz CT molecular complexity index is 324. The Kier molecular flexibility index (Phi) is 4.91. The van der Waals surface area contributed by atoms with Crippen LogP contribution in [0.3, 0.4) is 0 Å². The van der Waals surface area contributed by atoms with E-state index in [-0.39, 0.29) is 11.2 Å².